The van der Waals surface area contributed by atoms with Crippen LogP contribution in [0, 0.1) is 0 Å². The lowest BCUT2D eigenvalue weighted by Gasteiger charge is -2.28. The zero-order chi connectivity index (χ0) is 24.5. The Morgan fingerprint density at radius 1 is 0.943 bits per heavy atom. The summed E-state index contributed by atoms with van der Waals surface area (Å²) in [5.41, 5.74) is 4.82. The van der Waals surface area contributed by atoms with Gasteiger partial charge in [-0.15, -0.1) is 6.58 Å². The average molecular weight is 468 g/mol. The third-order valence-electron chi connectivity index (χ3n) is 6.32. The van der Waals surface area contributed by atoms with E-state index >= 15 is 0 Å². The molecule has 0 unspecified atom stereocenters. The molecular weight excluding hydrogens is 434 g/mol. The number of methoxy groups -OCH3 is 1. The normalized spacial score (nSPS) is 13.6. The van der Waals surface area contributed by atoms with Crippen molar-refractivity contribution in [1.29, 1.82) is 0 Å². The van der Waals surface area contributed by atoms with Gasteiger partial charge < -0.3 is 14.4 Å². The van der Waals surface area contributed by atoms with Crippen LogP contribution in [-0.2, 0) is 13.0 Å². The summed E-state index contributed by atoms with van der Waals surface area (Å²) in [4.78, 5) is 15.2. The fraction of sp³-hybridized carbons (Fsp3) is 0.258. The third-order valence-corrected chi connectivity index (χ3v) is 6.32. The van der Waals surface area contributed by atoms with Gasteiger partial charge in [0.2, 0.25) is 0 Å². The molecule has 0 spiro atoms. The van der Waals surface area contributed by atoms with Crippen LogP contribution in [-0.4, -0.2) is 26.0 Å². The Hall–Kier alpha value is -3.79. The molecule has 0 saturated carbocycles. The van der Waals surface area contributed by atoms with E-state index in [1.165, 1.54) is 24.9 Å². The van der Waals surface area contributed by atoms with Gasteiger partial charge in [-0.2, -0.15) is 0 Å². The third kappa shape index (κ3) is 6.42. The van der Waals surface area contributed by atoms with Gasteiger partial charge in [0.05, 0.1) is 7.11 Å². The predicted molar refractivity (Wildman–Crippen MR) is 144 cm³/mol. The molecule has 35 heavy (non-hydrogen) atoms. The maximum absolute atomic E-state index is 12.8. The van der Waals surface area contributed by atoms with Gasteiger partial charge in [-0.25, -0.2) is 0 Å². The number of ether oxygens (including phenoxy) is 2. The molecule has 4 rings (SSSR count). The average Bonchev–Trinajstić information content (AvgIpc) is 2.92. The van der Waals surface area contributed by atoms with Crippen LogP contribution in [0.25, 0.3) is 6.08 Å². The second kappa shape index (κ2) is 12.1. The second-order valence-electron chi connectivity index (χ2n) is 8.75. The SMILES string of the molecule is C=CCc1ccccc1OCc1cc(/C=C/C(=O)c2ccc(N3CCCCC3)cc2)ccc1OC. The van der Waals surface area contributed by atoms with E-state index in [9.17, 15) is 4.79 Å². The quantitative estimate of drug-likeness (QED) is 0.185. The number of nitrogens with zero attached hydrogens (tertiary/aromatic N) is 1. The minimum Gasteiger partial charge on any atom is -0.496 e. The first-order valence-corrected chi connectivity index (χ1v) is 12.2. The first kappa shape index (κ1) is 24.3. The Labute approximate surface area is 208 Å². The number of anilines is 1. The molecule has 3 aromatic carbocycles. The van der Waals surface area contributed by atoms with Crippen LogP contribution in [0.1, 0.15) is 46.3 Å². The van der Waals surface area contributed by atoms with Gasteiger partial charge in [0.25, 0.3) is 0 Å². The Kier molecular flexibility index (Phi) is 8.39. The fourth-order valence-electron chi connectivity index (χ4n) is 4.40. The number of hydrogen-bond donors (Lipinski definition) is 0. The van der Waals surface area contributed by atoms with Crippen molar-refractivity contribution in [3.8, 4) is 11.5 Å². The number of rotatable bonds is 10. The highest BCUT2D eigenvalue weighted by atomic mass is 16.5. The topological polar surface area (TPSA) is 38.8 Å². The Balaban J connectivity index is 1.43. The van der Waals surface area contributed by atoms with E-state index in [1.54, 1.807) is 13.2 Å². The first-order valence-electron chi connectivity index (χ1n) is 12.2. The zero-order valence-electron chi connectivity index (χ0n) is 20.4. The van der Waals surface area contributed by atoms with Crippen molar-refractivity contribution in [2.45, 2.75) is 32.3 Å². The Morgan fingerprint density at radius 3 is 2.46 bits per heavy atom. The standard InChI is InChI=1S/C31H33NO3/c1-3-9-26-10-5-6-11-31(26)35-23-27-22-24(13-19-30(27)34-2)12-18-29(33)25-14-16-28(17-15-25)32-20-7-4-8-21-32/h3,5-6,10-19,22H,1,4,7-9,20-21,23H2,2H3/b18-12+. The largest absolute Gasteiger partial charge is 0.496 e. The lowest BCUT2D eigenvalue weighted by Crippen LogP contribution is -2.29. The maximum atomic E-state index is 12.8. The van der Waals surface area contributed by atoms with E-state index in [1.807, 2.05) is 66.7 Å². The number of para-hydroxylation sites is 1. The fourth-order valence-corrected chi connectivity index (χ4v) is 4.40. The lowest BCUT2D eigenvalue weighted by molar-refractivity contribution is 0.104. The molecule has 0 aliphatic carbocycles. The highest BCUT2D eigenvalue weighted by Crippen LogP contribution is 2.25. The molecule has 0 amide bonds. The van der Waals surface area contributed by atoms with E-state index in [0.717, 1.165) is 47.7 Å². The maximum Gasteiger partial charge on any atom is 0.185 e. The molecule has 1 fully saturated rings. The van der Waals surface area contributed by atoms with Gasteiger partial charge in [-0.05, 0) is 85.4 Å². The molecule has 4 heteroatoms. The minimum atomic E-state index is -0.0119. The first-order chi connectivity index (χ1) is 17.2. The molecular formula is C31H33NO3. The van der Waals surface area contributed by atoms with Crippen molar-refractivity contribution in [2.75, 3.05) is 25.1 Å². The number of carbonyl (C=O) groups excluding carboxylic acids is 1. The van der Waals surface area contributed by atoms with Crippen LogP contribution in [0.5, 0.6) is 11.5 Å². The summed E-state index contributed by atoms with van der Waals surface area (Å²) < 4.78 is 11.6. The summed E-state index contributed by atoms with van der Waals surface area (Å²) in [7, 11) is 1.65. The predicted octanol–water partition coefficient (Wildman–Crippen LogP) is 6.89. The summed E-state index contributed by atoms with van der Waals surface area (Å²) in [6.45, 7) is 6.38. The molecule has 0 N–H and O–H groups in total. The van der Waals surface area contributed by atoms with Crippen molar-refractivity contribution < 1.29 is 14.3 Å². The Bertz CT molecular complexity index is 1170. The number of allylic oxidation sites excluding steroid dienone is 2. The summed E-state index contributed by atoms with van der Waals surface area (Å²) in [5, 5.41) is 0. The molecule has 1 aliphatic heterocycles. The zero-order valence-corrected chi connectivity index (χ0v) is 20.4. The van der Waals surface area contributed by atoms with Gasteiger partial charge in [0, 0.05) is 29.9 Å². The summed E-state index contributed by atoms with van der Waals surface area (Å²) in [5.74, 6) is 1.57. The van der Waals surface area contributed by atoms with Gasteiger partial charge in [0.15, 0.2) is 5.78 Å². The van der Waals surface area contributed by atoms with E-state index in [2.05, 4.69) is 23.6 Å². The van der Waals surface area contributed by atoms with Crippen LogP contribution < -0.4 is 14.4 Å². The molecule has 3 aromatic rings. The van der Waals surface area contributed by atoms with E-state index in [-0.39, 0.29) is 5.78 Å². The molecule has 4 nitrogen and oxygen atoms in total. The van der Waals surface area contributed by atoms with Crippen molar-refractivity contribution in [3.05, 3.63) is 108 Å². The van der Waals surface area contributed by atoms with Gasteiger partial charge >= 0.3 is 0 Å². The van der Waals surface area contributed by atoms with E-state index in [4.69, 9.17) is 9.47 Å². The molecule has 0 aromatic heterocycles. The van der Waals surface area contributed by atoms with Crippen LogP contribution in [0.4, 0.5) is 5.69 Å². The lowest BCUT2D eigenvalue weighted by atomic mass is 10.1. The second-order valence-corrected chi connectivity index (χ2v) is 8.75. The summed E-state index contributed by atoms with van der Waals surface area (Å²) in [6, 6.07) is 21.8. The molecule has 0 atom stereocenters. The molecule has 0 bridgehead atoms. The van der Waals surface area contributed by atoms with Crippen molar-refractivity contribution in [1.82, 2.24) is 0 Å². The molecule has 180 valence electrons. The molecule has 1 saturated heterocycles. The number of carbonyl (C=O) groups is 1. The van der Waals surface area contributed by atoms with Crippen LogP contribution >= 0.6 is 0 Å². The molecule has 1 aliphatic rings. The number of hydrogen-bond acceptors (Lipinski definition) is 4. The highest BCUT2D eigenvalue weighted by Gasteiger charge is 2.12. The minimum absolute atomic E-state index is 0.0119. The summed E-state index contributed by atoms with van der Waals surface area (Å²) >= 11 is 0. The smallest absolute Gasteiger partial charge is 0.185 e. The molecule has 0 radical (unpaired) electrons. The number of ketones is 1. The van der Waals surface area contributed by atoms with Crippen LogP contribution in [0.15, 0.2) is 85.5 Å². The van der Waals surface area contributed by atoms with Gasteiger partial charge in [-0.1, -0.05) is 36.4 Å². The van der Waals surface area contributed by atoms with Crippen LogP contribution in [0.2, 0.25) is 0 Å². The van der Waals surface area contributed by atoms with E-state index in [0.29, 0.717) is 12.2 Å². The van der Waals surface area contributed by atoms with Crippen molar-refractivity contribution in [2.24, 2.45) is 0 Å². The number of benzene rings is 3. The Morgan fingerprint density at radius 2 is 1.71 bits per heavy atom. The monoisotopic (exact) mass is 467 g/mol. The van der Waals surface area contributed by atoms with Crippen molar-refractivity contribution >= 4 is 17.5 Å². The number of piperidine rings is 1. The van der Waals surface area contributed by atoms with E-state index < -0.39 is 0 Å². The van der Waals surface area contributed by atoms with Gasteiger partial charge in [-0.3, -0.25) is 4.79 Å². The van der Waals surface area contributed by atoms with Crippen molar-refractivity contribution in [3.63, 3.8) is 0 Å². The summed E-state index contributed by atoms with van der Waals surface area (Å²) in [6.07, 6.45) is 9.86. The van der Waals surface area contributed by atoms with Crippen LogP contribution in [0.3, 0.4) is 0 Å². The highest BCUT2D eigenvalue weighted by molar-refractivity contribution is 6.07. The van der Waals surface area contributed by atoms with Gasteiger partial charge in [0.1, 0.15) is 18.1 Å². The molecule has 1 heterocycles.